The summed E-state index contributed by atoms with van der Waals surface area (Å²) in [6.07, 6.45) is 0. The largest absolute Gasteiger partial charge is 0.337 e. The first-order valence-electron chi connectivity index (χ1n) is 8.99. The first kappa shape index (κ1) is 19.7. The number of thiophene rings is 1. The van der Waals surface area contributed by atoms with E-state index >= 15 is 0 Å². The van der Waals surface area contributed by atoms with E-state index in [0.717, 1.165) is 23.0 Å². The Morgan fingerprint density at radius 2 is 1.77 bits per heavy atom. The second-order valence-electron chi connectivity index (χ2n) is 6.89. The minimum atomic E-state index is -0.627. The SMILES string of the molecule is Cc1ccc(-n2c(=O)ccc3c(C(=O)c4ccc(F)c(C)c4)c([N+](=O)[O-])sc32)cc1. The van der Waals surface area contributed by atoms with Crippen molar-refractivity contribution in [1.82, 2.24) is 4.57 Å². The number of aromatic nitrogens is 1. The molecular weight excluding hydrogens is 407 g/mol. The minimum absolute atomic E-state index is 0.105. The predicted octanol–water partition coefficient (Wildman–Crippen LogP) is 4.95. The van der Waals surface area contributed by atoms with Gasteiger partial charge in [-0.15, -0.1) is 0 Å². The number of hydrogen-bond acceptors (Lipinski definition) is 5. The van der Waals surface area contributed by atoms with E-state index in [-0.39, 0.29) is 27.3 Å². The van der Waals surface area contributed by atoms with Crippen molar-refractivity contribution >= 4 is 32.3 Å². The second kappa shape index (κ2) is 7.31. The number of aryl methyl sites for hydroxylation is 2. The third-order valence-electron chi connectivity index (χ3n) is 4.83. The normalized spacial score (nSPS) is 11.0. The summed E-state index contributed by atoms with van der Waals surface area (Å²) in [7, 11) is 0. The highest BCUT2D eigenvalue weighted by Gasteiger charge is 2.30. The molecule has 6 nitrogen and oxygen atoms in total. The fraction of sp³-hybridized carbons (Fsp3) is 0.0909. The van der Waals surface area contributed by atoms with Gasteiger partial charge in [-0.05, 0) is 67.1 Å². The van der Waals surface area contributed by atoms with Crippen LogP contribution in [-0.4, -0.2) is 15.3 Å². The fourth-order valence-electron chi connectivity index (χ4n) is 3.29. The highest BCUT2D eigenvalue weighted by atomic mass is 32.1. The molecule has 0 unspecified atom stereocenters. The summed E-state index contributed by atoms with van der Waals surface area (Å²) < 4.78 is 15.0. The molecule has 0 aliphatic carbocycles. The molecule has 0 amide bonds. The Morgan fingerprint density at radius 3 is 2.40 bits per heavy atom. The van der Waals surface area contributed by atoms with Gasteiger partial charge in [-0.3, -0.25) is 24.3 Å². The van der Waals surface area contributed by atoms with E-state index in [2.05, 4.69) is 0 Å². The standard InChI is InChI=1S/C22H15FN2O4S/c1-12-3-6-15(7-4-12)24-18(26)10-8-16-19(22(25(28)29)30-21(16)24)20(27)14-5-9-17(23)13(2)11-14/h3-11H,1-2H3. The van der Waals surface area contributed by atoms with Crippen LogP contribution in [0.25, 0.3) is 15.9 Å². The van der Waals surface area contributed by atoms with E-state index in [9.17, 15) is 24.1 Å². The van der Waals surface area contributed by atoms with Crippen molar-refractivity contribution in [2.24, 2.45) is 0 Å². The van der Waals surface area contributed by atoms with Gasteiger partial charge in [0.25, 0.3) is 5.56 Å². The molecule has 0 N–H and O–H groups in total. The van der Waals surface area contributed by atoms with E-state index < -0.39 is 16.5 Å². The molecule has 0 saturated heterocycles. The lowest BCUT2D eigenvalue weighted by atomic mass is 10.0. The highest BCUT2D eigenvalue weighted by molar-refractivity contribution is 7.22. The predicted molar refractivity (Wildman–Crippen MR) is 113 cm³/mol. The molecule has 30 heavy (non-hydrogen) atoms. The molecule has 4 aromatic rings. The summed E-state index contributed by atoms with van der Waals surface area (Å²) >= 11 is 0.771. The van der Waals surface area contributed by atoms with Crippen molar-refractivity contribution in [1.29, 1.82) is 0 Å². The molecule has 0 bridgehead atoms. The van der Waals surface area contributed by atoms with Crippen molar-refractivity contribution in [3.8, 4) is 5.69 Å². The zero-order valence-corrected chi connectivity index (χ0v) is 16.8. The molecule has 0 spiro atoms. The maximum Gasteiger partial charge on any atom is 0.337 e. The molecule has 0 aliphatic rings. The maximum atomic E-state index is 13.6. The lowest BCUT2D eigenvalue weighted by molar-refractivity contribution is -0.380. The number of halogens is 1. The van der Waals surface area contributed by atoms with Crippen LogP contribution in [0.4, 0.5) is 9.39 Å². The van der Waals surface area contributed by atoms with Gasteiger partial charge in [-0.2, -0.15) is 0 Å². The van der Waals surface area contributed by atoms with Gasteiger partial charge in [0.05, 0.1) is 10.6 Å². The molecule has 0 radical (unpaired) electrons. The fourth-order valence-corrected chi connectivity index (χ4v) is 4.42. The number of nitro groups is 1. The van der Waals surface area contributed by atoms with Gasteiger partial charge in [0.15, 0.2) is 0 Å². The van der Waals surface area contributed by atoms with E-state index in [1.807, 2.05) is 19.1 Å². The molecule has 4 rings (SSSR count). The zero-order chi connectivity index (χ0) is 21.6. The lowest BCUT2D eigenvalue weighted by Gasteiger charge is -2.08. The number of nitrogens with zero attached hydrogens (tertiary/aromatic N) is 2. The van der Waals surface area contributed by atoms with Crippen molar-refractivity contribution in [3.63, 3.8) is 0 Å². The van der Waals surface area contributed by atoms with E-state index in [0.29, 0.717) is 15.9 Å². The van der Waals surface area contributed by atoms with Crippen molar-refractivity contribution in [3.05, 3.63) is 103 Å². The third kappa shape index (κ3) is 3.21. The maximum absolute atomic E-state index is 13.6. The first-order valence-corrected chi connectivity index (χ1v) is 9.80. The van der Waals surface area contributed by atoms with Gasteiger partial charge in [0.2, 0.25) is 5.78 Å². The van der Waals surface area contributed by atoms with Gasteiger partial charge in [-0.25, -0.2) is 4.39 Å². The highest BCUT2D eigenvalue weighted by Crippen LogP contribution is 2.38. The first-order chi connectivity index (χ1) is 14.3. The van der Waals surface area contributed by atoms with Crippen LogP contribution in [0.3, 0.4) is 0 Å². The lowest BCUT2D eigenvalue weighted by Crippen LogP contribution is -2.16. The Hall–Kier alpha value is -3.65. The number of rotatable bonds is 4. The number of carbonyl (C=O) groups excluding carboxylic acids is 1. The smallest absolute Gasteiger partial charge is 0.288 e. The molecule has 0 fully saturated rings. The molecule has 8 heteroatoms. The Kier molecular flexibility index (Phi) is 4.79. The quantitative estimate of drug-likeness (QED) is 0.265. The summed E-state index contributed by atoms with van der Waals surface area (Å²) in [4.78, 5) is 37.2. The van der Waals surface area contributed by atoms with Crippen molar-refractivity contribution in [2.45, 2.75) is 13.8 Å². The number of fused-ring (bicyclic) bond motifs is 1. The van der Waals surface area contributed by atoms with E-state index in [1.165, 1.54) is 35.8 Å². The summed E-state index contributed by atoms with van der Waals surface area (Å²) in [5.41, 5.74) is 1.48. The van der Waals surface area contributed by atoms with Crippen LogP contribution < -0.4 is 5.56 Å². The molecule has 2 aromatic heterocycles. The number of ketones is 1. The Balaban J connectivity index is 2.01. The Morgan fingerprint density at radius 1 is 1.07 bits per heavy atom. The van der Waals surface area contributed by atoms with Crippen molar-refractivity contribution < 1.29 is 14.1 Å². The second-order valence-corrected chi connectivity index (χ2v) is 7.87. The monoisotopic (exact) mass is 422 g/mol. The van der Waals surface area contributed by atoms with Crippen LogP contribution >= 0.6 is 11.3 Å². The van der Waals surface area contributed by atoms with Gasteiger partial charge >= 0.3 is 5.00 Å². The number of carbonyl (C=O) groups is 1. The van der Waals surface area contributed by atoms with Crippen LogP contribution in [0, 0.1) is 29.8 Å². The molecule has 150 valence electrons. The van der Waals surface area contributed by atoms with Gasteiger partial charge in [0, 0.05) is 17.0 Å². The summed E-state index contributed by atoms with van der Waals surface area (Å²) in [5, 5.41) is 11.7. The van der Waals surface area contributed by atoms with E-state index in [1.54, 1.807) is 12.1 Å². The molecule has 2 aromatic carbocycles. The average Bonchev–Trinajstić information content (AvgIpc) is 3.10. The van der Waals surface area contributed by atoms with Crippen LogP contribution in [0.15, 0.2) is 59.4 Å². The van der Waals surface area contributed by atoms with Crippen molar-refractivity contribution in [2.75, 3.05) is 0 Å². The number of pyridine rings is 1. The van der Waals surface area contributed by atoms with Crippen LogP contribution in [0.2, 0.25) is 0 Å². The number of hydrogen-bond donors (Lipinski definition) is 0. The summed E-state index contributed by atoms with van der Waals surface area (Å²) in [6.45, 7) is 3.42. The van der Waals surface area contributed by atoms with Gasteiger partial charge in [0.1, 0.15) is 16.2 Å². The van der Waals surface area contributed by atoms with Crippen LogP contribution in [-0.2, 0) is 0 Å². The zero-order valence-electron chi connectivity index (χ0n) is 16.0. The molecule has 2 heterocycles. The van der Waals surface area contributed by atoms with Gasteiger partial charge < -0.3 is 0 Å². The minimum Gasteiger partial charge on any atom is -0.288 e. The van der Waals surface area contributed by atoms with E-state index in [4.69, 9.17) is 0 Å². The topological polar surface area (TPSA) is 82.2 Å². The van der Waals surface area contributed by atoms with Gasteiger partial charge in [-0.1, -0.05) is 17.7 Å². The Bertz CT molecular complexity index is 1390. The van der Waals surface area contributed by atoms with Crippen LogP contribution in [0.1, 0.15) is 27.0 Å². The average molecular weight is 422 g/mol. The summed E-state index contributed by atoms with van der Waals surface area (Å²) in [5.74, 6) is -1.06. The molecule has 0 atom stereocenters. The molecule has 0 aliphatic heterocycles. The third-order valence-corrected chi connectivity index (χ3v) is 5.97. The van der Waals surface area contributed by atoms with Crippen LogP contribution in [0.5, 0.6) is 0 Å². The molecular formula is C22H15FN2O4S. The Labute approximate surface area is 174 Å². The summed E-state index contributed by atoms with van der Waals surface area (Å²) in [6, 6.07) is 13.7. The molecule has 0 saturated carbocycles. The number of benzene rings is 2.